The predicted octanol–water partition coefficient (Wildman–Crippen LogP) is -8.76. The van der Waals surface area contributed by atoms with Gasteiger partial charge in [0, 0.05) is 38.1 Å². The standard InChI is InChI=1S/C26H49N9O11/c27-4-13-12(37)2-11(33-8-5-32-6-8)22(43-13)45-20-9(28)1-10(34-24(41)26(42)3-15(26)35-25(30)31)21(19(20)40)46-23-18(39)16(29)17(38)14(7-36)44-23/h8-23,32-33,36-40,42H,1-7,27-29H2,(H,34,41)(H4,30,31,35)/t9-,10+,11+,12-,13+,14+,15?,16-,17+,18+,19-,20+,21-,22+,23+,26?/m0/s1. The van der Waals surface area contributed by atoms with Crippen molar-refractivity contribution in [3.8, 4) is 0 Å². The van der Waals surface area contributed by atoms with Crippen molar-refractivity contribution < 1.29 is 54.4 Å². The van der Waals surface area contributed by atoms with Crippen LogP contribution in [0.2, 0.25) is 0 Å². The van der Waals surface area contributed by atoms with Crippen LogP contribution < -0.4 is 44.6 Å². The Hall–Kier alpha value is -1.86. The molecule has 5 rings (SSSR count). The first kappa shape index (κ1) is 35.4. The Morgan fingerprint density at radius 3 is 2.24 bits per heavy atom. The van der Waals surface area contributed by atoms with Crippen molar-refractivity contribution in [1.82, 2.24) is 16.0 Å². The quantitative estimate of drug-likeness (QED) is 0.0720. The van der Waals surface area contributed by atoms with Gasteiger partial charge in [0.25, 0.3) is 5.91 Å². The summed E-state index contributed by atoms with van der Waals surface area (Å²) in [5.74, 6) is -1.15. The highest BCUT2D eigenvalue weighted by Gasteiger charge is 2.61. The number of carbonyl (C=O) groups excluding carboxylic acids is 1. The molecule has 3 heterocycles. The summed E-state index contributed by atoms with van der Waals surface area (Å²) in [6.45, 7) is 0.766. The average molecular weight is 664 g/mol. The molecule has 0 aromatic heterocycles. The third-order valence-electron chi connectivity index (χ3n) is 9.47. The van der Waals surface area contributed by atoms with E-state index in [1.54, 1.807) is 0 Å². The maximum atomic E-state index is 13.2. The molecule has 3 saturated heterocycles. The van der Waals surface area contributed by atoms with Crippen LogP contribution in [0.3, 0.4) is 0 Å². The maximum Gasteiger partial charge on any atom is 0.254 e. The smallest absolute Gasteiger partial charge is 0.254 e. The molecular formula is C26H49N9O11. The highest BCUT2D eigenvalue weighted by atomic mass is 16.7. The molecule has 2 aliphatic carbocycles. The number of aliphatic hydroxyl groups is 6. The molecule has 2 unspecified atom stereocenters. The minimum absolute atomic E-state index is 0.0106. The molecule has 264 valence electrons. The van der Waals surface area contributed by atoms with Gasteiger partial charge in [-0.2, -0.15) is 0 Å². The van der Waals surface area contributed by atoms with Crippen LogP contribution in [0, 0.1) is 0 Å². The van der Waals surface area contributed by atoms with Crippen molar-refractivity contribution in [1.29, 1.82) is 0 Å². The number of amides is 1. The van der Waals surface area contributed by atoms with E-state index in [0.717, 1.165) is 0 Å². The zero-order chi connectivity index (χ0) is 33.5. The number of nitrogens with two attached hydrogens (primary N) is 5. The summed E-state index contributed by atoms with van der Waals surface area (Å²) < 4.78 is 23.9. The van der Waals surface area contributed by atoms with Crippen LogP contribution in [0.15, 0.2) is 4.99 Å². The second-order valence-electron chi connectivity index (χ2n) is 12.9. The third-order valence-corrected chi connectivity index (χ3v) is 9.47. The van der Waals surface area contributed by atoms with Crippen molar-refractivity contribution in [2.45, 2.75) is 123 Å². The highest BCUT2D eigenvalue weighted by molar-refractivity contribution is 5.90. The van der Waals surface area contributed by atoms with Crippen molar-refractivity contribution in [3.05, 3.63) is 0 Å². The Kier molecular flexibility index (Phi) is 11.0. The van der Waals surface area contributed by atoms with Crippen molar-refractivity contribution in [2.75, 3.05) is 26.2 Å². The number of ether oxygens (including phenoxy) is 4. The summed E-state index contributed by atoms with van der Waals surface area (Å²) in [6, 6.07) is -4.56. The third kappa shape index (κ3) is 7.26. The minimum atomic E-state index is -1.92. The van der Waals surface area contributed by atoms with Gasteiger partial charge >= 0.3 is 0 Å². The van der Waals surface area contributed by atoms with Gasteiger partial charge in [0.15, 0.2) is 24.1 Å². The lowest BCUT2D eigenvalue weighted by molar-refractivity contribution is -0.316. The van der Waals surface area contributed by atoms with E-state index in [2.05, 4.69) is 20.9 Å². The molecule has 0 aromatic rings. The summed E-state index contributed by atoms with van der Waals surface area (Å²) >= 11 is 0. The Bertz CT molecular complexity index is 1090. The van der Waals surface area contributed by atoms with Crippen LogP contribution in [0.25, 0.3) is 0 Å². The van der Waals surface area contributed by atoms with Gasteiger partial charge < -0.3 is 94.2 Å². The number of aliphatic imine (C=N–C) groups is 1. The Morgan fingerprint density at radius 1 is 0.957 bits per heavy atom. The molecule has 3 aliphatic heterocycles. The zero-order valence-corrected chi connectivity index (χ0v) is 25.2. The minimum Gasteiger partial charge on any atom is -0.394 e. The monoisotopic (exact) mass is 663 g/mol. The van der Waals surface area contributed by atoms with Gasteiger partial charge in [0.1, 0.15) is 36.6 Å². The molecule has 0 spiro atoms. The highest BCUT2D eigenvalue weighted by Crippen LogP contribution is 2.40. The van der Waals surface area contributed by atoms with Crippen LogP contribution in [0.4, 0.5) is 0 Å². The Balaban J connectivity index is 1.37. The Labute approximate surface area is 264 Å². The predicted molar refractivity (Wildman–Crippen MR) is 157 cm³/mol. The summed E-state index contributed by atoms with van der Waals surface area (Å²) in [6.07, 6.45) is -12.4. The van der Waals surface area contributed by atoms with Gasteiger partial charge in [-0.15, -0.1) is 0 Å². The van der Waals surface area contributed by atoms with E-state index in [4.69, 9.17) is 47.6 Å². The first-order valence-corrected chi connectivity index (χ1v) is 15.5. The second-order valence-corrected chi connectivity index (χ2v) is 12.9. The van der Waals surface area contributed by atoms with E-state index < -0.39 is 110 Å². The number of nitrogens with one attached hydrogen (secondary N) is 3. The SMILES string of the molecule is NC[C@H]1O[C@H](O[C@H]2[C@H](O)[C@@H](O[C@H]3O[C@H](CO)[C@@H](O)[C@H](N)[C@H]3O)[C@H](NC(=O)C3(O)CC3N=C(N)N)C[C@@H]2N)[C@H](NC2CNC2)C[C@@H]1O. The molecule has 5 aliphatic rings. The van der Waals surface area contributed by atoms with Gasteiger partial charge in [0.2, 0.25) is 0 Å². The Morgan fingerprint density at radius 2 is 1.63 bits per heavy atom. The van der Waals surface area contributed by atoms with Gasteiger partial charge in [0.05, 0.1) is 43.0 Å². The molecule has 1 amide bonds. The molecular weight excluding hydrogens is 614 g/mol. The molecule has 20 nitrogen and oxygen atoms in total. The second kappa shape index (κ2) is 14.3. The number of aliphatic hydroxyl groups excluding tert-OH is 5. The van der Waals surface area contributed by atoms with Crippen molar-refractivity contribution in [3.63, 3.8) is 0 Å². The van der Waals surface area contributed by atoms with E-state index in [1.165, 1.54) is 0 Å². The number of carbonyl (C=O) groups is 1. The number of hydrogen-bond donors (Lipinski definition) is 14. The zero-order valence-electron chi connectivity index (χ0n) is 25.2. The number of guanidine groups is 1. The summed E-state index contributed by atoms with van der Waals surface area (Å²) in [5, 5.41) is 73.1. The number of hydrogen-bond acceptors (Lipinski definition) is 17. The number of nitrogens with zero attached hydrogens (tertiary/aromatic N) is 1. The molecule has 16 atom stereocenters. The van der Waals surface area contributed by atoms with Crippen LogP contribution in [-0.2, 0) is 23.7 Å². The topological polar surface area (TPSA) is 354 Å². The van der Waals surface area contributed by atoms with Crippen molar-refractivity contribution >= 4 is 11.9 Å². The van der Waals surface area contributed by atoms with Gasteiger partial charge in [-0.05, 0) is 12.8 Å². The average Bonchev–Trinajstić information content (AvgIpc) is 3.64. The van der Waals surface area contributed by atoms with Gasteiger partial charge in [-0.1, -0.05) is 0 Å². The molecule has 19 N–H and O–H groups in total. The molecule has 0 radical (unpaired) electrons. The summed E-state index contributed by atoms with van der Waals surface area (Å²) in [5.41, 5.74) is 27.2. The molecule has 0 bridgehead atoms. The van der Waals surface area contributed by atoms with E-state index in [-0.39, 0.29) is 37.8 Å². The van der Waals surface area contributed by atoms with Crippen LogP contribution in [0.5, 0.6) is 0 Å². The number of rotatable bonds is 11. The van der Waals surface area contributed by atoms with Crippen LogP contribution in [0.1, 0.15) is 19.3 Å². The van der Waals surface area contributed by atoms with E-state index in [9.17, 15) is 35.4 Å². The van der Waals surface area contributed by atoms with Gasteiger partial charge in [-0.3, -0.25) is 4.79 Å². The summed E-state index contributed by atoms with van der Waals surface area (Å²) in [4.78, 5) is 17.1. The maximum absolute atomic E-state index is 13.2. The molecule has 20 heteroatoms. The molecule has 2 saturated carbocycles. The van der Waals surface area contributed by atoms with Crippen LogP contribution >= 0.6 is 0 Å². The van der Waals surface area contributed by atoms with Gasteiger partial charge in [-0.25, -0.2) is 4.99 Å². The van der Waals surface area contributed by atoms with E-state index >= 15 is 0 Å². The lowest BCUT2D eigenvalue weighted by Gasteiger charge is -2.49. The lowest BCUT2D eigenvalue weighted by Crippen LogP contribution is -2.70. The van der Waals surface area contributed by atoms with E-state index in [0.29, 0.717) is 13.1 Å². The molecule has 0 aromatic carbocycles. The normalized spacial score (nSPS) is 47.9. The first-order chi connectivity index (χ1) is 21.8. The lowest BCUT2D eigenvalue weighted by atomic mass is 9.83. The van der Waals surface area contributed by atoms with Crippen molar-refractivity contribution in [2.24, 2.45) is 33.7 Å². The fourth-order valence-electron chi connectivity index (χ4n) is 6.46. The fourth-order valence-corrected chi connectivity index (χ4v) is 6.46. The largest absolute Gasteiger partial charge is 0.394 e. The molecule has 46 heavy (non-hydrogen) atoms. The van der Waals surface area contributed by atoms with Crippen LogP contribution in [-0.4, -0.2) is 172 Å². The summed E-state index contributed by atoms with van der Waals surface area (Å²) in [7, 11) is 0. The fraction of sp³-hybridized carbons (Fsp3) is 0.923. The van der Waals surface area contributed by atoms with E-state index in [1.807, 2.05) is 0 Å². The molecule has 5 fully saturated rings. The first-order valence-electron chi connectivity index (χ1n) is 15.5.